The maximum atomic E-state index is 6.50. The van der Waals surface area contributed by atoms with E-state index >= 15 is 0 Å². The molecule has 1 aliphatic heterocycles. The Hall–Kier alpha value is -1.99. The molecule has 100 valence electrons. The Morgan fingerprint density at radius 3 is 2.40 bits per heavy atom. The first-order valence-electron chi connectivity index (χ1n) is 6.58. The number of rotatable bonds is 1. The molecule has 1 aliphatic rings. The van der Waals surface area contributed by atoms with Crippen LogP contribution in [0.15, 0.2) is 59.1 Å². The van der Waals surface area contributed by atoms with Gasteiger partial charge in [-0.05, 0) is 31.1 Å². The molecule has 0 radical (unpaired) electrons. The molecule has 0 spiro atoms. The summed E-state index contributed by atoms with van der Waals surface area (Å²) in [6.45, 7) is 4.05. The van der Waals surface area contributed by atoms with E-state index in [1.807, 2.05) is 62.4 Å². The molecular formula is C18H15ClO. The fourth-order valence-electron chi connectivity index (χ4n) is 2.33. The zero-order valence-corrected chi connectivity index (χ0v) is 12.2. The van der Waals surface area contributed by atoms with Crippen molar-refractivity contribution in [3.05, 3.63) is 75.8 Å². The van der Waals surface area contributed by atoms with Crippen molar-refractivity contribution in [2.24, 2.45) is 0 Å². The highest BCUT2D eigenvalue weighted by Crippen LogP contribution is 2.38. The van der Waals surface area contributed by atoms with Gasteiger partial charge in [0.1, 0.15) is 5.75 Å². The van der Waals surface area contributed by atoms with Gasteiger partial charge in [0, 0.05) is 11.1 Å². The quantitative estimate of drug-likeness (QED) is 0.680. The number of hydrogen-bond donors (Lipinski definition) is 0. The first-order valence-corrected chi connectivity index (χ1v) is 6.96. The summed E-state index contributed by atoms with van der Waals surface area (Å²) in [6.07, 6.45) is 2.07. The van der Waals surface area contributed by atoms with Gasteiger partial charge in [-0.15, -0.1) is 0 Å². The van der Waals surface area contributed by atoms with Crippen LogP contribution in [0.25, 0.3) is 11.8 Å². The molecule has 0 amide bonds. The SMILES string of the molecule is CC1=Cc2cccc(C)c2OC(c2ccccc2)=C1Cl. The number of ether oxygens (including phenoxy) is 1. The largest absolute Gasteiger partial charge is 0.454 e. The number of fused-ring (bicyclic) bond motifs is 1. The number of hydrogen-bond acceptors (Lipinski definition) is 1. The summed E-state index contributed by atoms with van der Waals surface area (Å²) >= 11 is 6.50. The van der Waals surface area contributed by atoms with Crippen LogP contribution < -0.4 is 4.74 Å². The molecule has 2 aromatic rings. The zero-order chi connectivity index (χ0) is 14.1. The molecule has 2 heteroatoms. The molecule has 0 fully saturated rings. The van der Waals surface area contributed by atoms with Crippen LogP contribution in [-0.2, 0) is 0 Å². The molecule has 0 bridgehead atoms. The second-order valence-electron chi connectivity index (χ2n) is 4.93. The van der Waals surface area contributed by atoms with Gasteiger partial charge in [-0.1, -0.05) is 60.1 Å². The summed E-state index contributed by atoms with van der Waals surface area (Å²) in [6, 6.07) is 16.1. The van der Waals surface area contributed by atoms with E-state index < -0.39 is 0 Å². The lowest BCUT2D eigenvalue weighted by Crippen LogP contribution is -1.98. The summed E-state index contributed by atoms with van der Waals surface area (Å²) in [4.78, 5) is 0. The summed E-state index contributed by atoms with van der Waals surface area (Å²) in [5.74, 6) is 1.59. The van der Waals surface area contributed by atoms with Gasteiger partial charge in [0.05, 0.1) is 5.03 Å². The molecule has 1 heterocycles. The van der Waals surface area contributed by atoms with Gasteiger partial charge in [0.2, 0.25) is 0 Å². The minimum atomic E-state index is 0.659. The van der Waals surface area contributed by atoms with E-state index in [1.54, 1.807) is 0 Å². The molecule has 0 aromatic heterocycles. The lowest BCUT2D eigenvalue weighted by molar-refractivity contribution is 0.509. The van der Waals surface area contributed by atoms with Crippen LogP contribution in [0, 0.1) is 6.92 Å². The van der Waals surface area contributed by atoms with E-state index in [2.05, 4.69) is 6.08 Å². The van der Waals surface area contributed by atoms with Crippen LogP contribution in [-0.4, -0.2) is 0 Å². The topological polar surface area (TPSA) is 9.23 Å². The Labute approximate surface area is 124 Å². The Balaban J connectivity index is 2.20. The van der Waals surface area contributed by atoms with Gasteiger partial charge in [-0.25, -0.2) is 0 Å². The van der Waals surface area contributed by atoms with Crippen LogP contribution in [0.5, 0.6) is 5.75 Å². The molecule has 0 N–H and O–H groups in total. The smallest absolute Gasteiger partial charge is 0.153 e. The first kappa shape index (κ1) is 13.0. The fourth-order valence-corrected chi connectivity index (χ4v) is 2.53. The molecule has 0 saturated heterocycles. The lowest BCUT2D eigenvalue weighted by atomic mass is 10.1. The van der Waals surface area contributed by atoms with Gasteiger partial charge in [-0.3, -0.25) is 0 Å². The maximum Gasteiger partial charge on any atom is 0.153 e. The molecule has 0 aliphatic carbocycles. The van der Waals surface area contributed by atoms with Gasteiger partial charge in [0.15, 0.2) is 5.76 Å². The van der Waals surface area contributed by atoms with Crippen molar-refractivity contribution in [3.8, 4) is 5.75 Å². The van der Waals surface area contributed by atoms with Gasteiger partial charge >= 0.3 is 0 Å². The Morgan fingerprint density at radius 2 is 1.65 bits per heavy atom. The molecule has 0 saturated carbocycles. The van der Waals surface area contributed by atoms with Crippen molar-refractivity contribution < 1.29 is 4.74 Å². The average Bonchev–Trinajstić information content (AvgIpc) is 2.59. The highest BCUT2D eigenvalue weighted by atomic mass is 35.5. The second-order valence-corrected chi connectivity index (χ2v) is 5.31. The number of benzene rings is 2. The number of para-hydroxylation sites is 1. The van der Waals surface area contributed by atoms with Crippen molar-refractivity contribution in [2.45, 2.75) is 13.8 Å². The first-order chi connectivity index (χ1) is 9.66. The number of aryl methyl sites for hydroxylation is 1. The maximum absolute atomic E-state index is 6.50. The predicted octanol–water partition coefficient (Wildman–Crippen LogP) is 5.40. The molecule has 0 atom stereocenters. The van der Waals surface area contributed by atoms with E-state index in [0.717, 1.165) is 28.0 Å². The fraction of sp³-hybridized carbons (Fsp3) is 0.111. The predicted molar refractivity (Wildman–Crippen MR) is 84.7 cm³/mol. The third-order valence-electron chi connectivity index (χ3n) is 3.40. The molecular weight excluding hydrogens is 268 g/mol. The summed E-state index contributed by atoms with van der Waals surface area (Å²) in [5.41, 5.74) is 4.16. The molecule has 1 nitrogen and oxygen atoms in total. The van der Waals surface area contributed by atoms with Crippen LogP contribution >= 0.6 is 11.6 Å². The van der Waals surface area contributed by atoms with Crippen LogP contribution in [0.2, 0.25) is 0 Å². The van der Waals surface area contributed by atoms with Crippen molar-refractivity contribution in [2.75, 3.05) is 0 Å². The van der Waals surface area contributed by atoms with Gasteiger partial charge in [0.25, 0.3) is 0 Å². The lowest BCUT2D eigenvalue weighted by Gasteiger charge is -2.14. The highest BCUT2D eigenvalue weighted by Gasteiger charge is 2.18. The van der Waals surface area contributed by atoms with E-state index in [9.17, 15) is 0 Å². The Kier molecular flexibility index (Phi) is 3.37. The second kappa shape index (κ2) is 5.18. The van der Waals surface area contributed by atoms with E-state index in [4.69, 9.17) is 16.3 Å². The Bertz CT molecular complexity index is 711. The highest BCUT2D eigenvalue weighted by molar-refractivity contribution is 6.35. The van der Waals surface area contributed by atoms with Gasteiger partial charge < -0.3 is 4.74 Å². The zero-order valence-electron chi connectivity index (χ0n) is 11.5. The van der Waals surface area contributed by atoms with E-state index in [1.165, 1.54) is 0 Å². The van der Waals surface area contributed by atoms with Crippen molar-refractivity contribution in [3.63, 3.8) is 0 Å². The summed E-state index contributed by atoms with van der Waals surface area (Å²) in [5, 5.41) is 0.659. The van der Waals surface area contributed by atoms with E-state index in [-0.39, 0.29) is 0 Å². The molecule has 20 heavy (non-hydrogen) atoms. The van der Waals surface area contributed by atoms with Crippen LogP contribution in [0.4, 0.5) is 0 Å². The van der Waals surface area contributed by atoms with E-state index in [0.29, 0.717) is 10.8 Å². The van der Waals surface area contributed by atoms with Crippen LogP contribution in [0.3, 0.4) is 0 Å². The number of allylic oxidation sites excluding steroid dienone is 2. The minimum absolute atomic E-state index is 0.659. The third-order valence-corrected chi connectivity index (χ3v) is 3.87. The standard InChI is InChI=1S/C18H15ClO/c1-12-7-6-10-15-11-13(2)16(19)18(20-17(12)15)14-8-4-3-5-9-14/h3-11H,1-2H3. The minimum Gasteiger partial charge on any atom is -0.454 e. The van der Waals surface area contributed by atoms with Crippen LogP contribution in [0.1, 0.15) is 23.6 Å². The Morgan fingerprint density at radius 1 is 0.900 bits per heavy atom. The molecule has 3 rings (SSSR count). The van der Waals surface area contributed by atoms with Crippen molar-refractivity contribution >= 4 is 23.4 Å². The van der Waals surface area contributed by atoms with Gasteiger partial charge in [-0.2, -0.15) is 0 Å². The van der Waals surface area contributed by atoms with Crippen molar-refractivity contribution in [1.29, 1.82) is 0 Å². The third kappa shape index (κ3) is 2.25. The normalized spacial score (nSPS) is 14.2. The number of halogens is 1. The molecule has 0 unspecified atom stereocenters. The monoisotopic (exact) mass is 282 g/mol. The molecule has 2 aromatic carbocycles. The average molecular weight is 283 g/mol. The summed E-state index contributed by atoms with van der Waals surface area (Å²) in [7, 11) is 0. The van der Waals surface area contributed by atoms with Crippen molar-refractivity contribution in [1.82, 2.24) is 0 Å². The summed E-state index contributed by atoms with van der Waals surface area (Å²) < 4.78 is 6.15.